The van der Waals surface area contributed by atoms with Gasteiger partial charge in [-0.3, -0.25) is 0 Å². The Bertz CT molecular complexity index is 1030. The fraction of sp³-hybridized carbons (Fsp3) is 0.423. The second-order valence-electron chi connectivity index (χ2n) is 8.78. The third kappa shape index (κ3) is 4.54. The van der Waals surface area contributed by atoms with Gasteiger partial charge in [0.15, 0.2) is 5.11 Å². The van der Waals surface area contributed by atoms with Crippen LogP contribution in [-0.2, 0) is 13.6 Å². The topological polar surface area (TPSA) is 20.2 Å². The molecule has 4 rings (SSSR count). The number of nitrogens with zero attached hydrogens (tertiary/aromatic N) is 2. The summed E-state index contributed by atoms with van der Waals surface area (Å²) in [5, 5.41) is 5.73. The van der Waals surface area contributed by atoms with E-state index in [-0.39, 0.29) is 0 Å². The Balaban J connectivity index is 1.63. The van der Waals surface area contributed by atoms with Crippen LogP contribution in [-0.4, -0.2) is 20.6 Å². The average Bonchev–Trinajstić information content (AvgIpc) is 2.90. The molecule has 1 aliphatic carbocycles. The van der Waals surface area contributed by atoms with Crippen molar-refractivity contribution in [2.45, 2.75) is 65.0 Å². The third-order valence-electron chi connectivity index (χ3n) is 6.60. The van der Waals surface area contributed by atoms with Crippen LogP contribution in [0.2, 0.25) is 0 Å². The first-order valence-corrected chi connectivity index (χ1v) is 11.6. The summed E-state index contributed by atoms with van der Waals surface area (Å²) in [5.74, 6) is 0. The highest BCUT2D eigenvalue weighted by molar-refractivity contribution is 7.80. The normalized spacial score (nSPS) is 15.2. The van der Waals surface area contributed by atoms with Gasteiger partial charge >= 0.3 is 0 Å². The predicted octanol–water partition coefficient (Wildman–Crippen LogP) is 6.72. The monoisotopic (exact) mass is 419 g/mol. The van der Waals surface area contributed by atoms with Crippen LogP contribution >= 0.6 is 12.2 Å². The lowest BCUT2D eigenvalue weighted by molar-refractivity contribution is 0.281. The van der Waals surface area contributed by atoms with Crippen molar-refractivity contribution in [3.63, 3.8) is 0 Å². The average molecular weight is 420 g/mol. The number of fused-ring (bicyclic) bond motifs is 1. The molecule has 0 unspecified atom stereocenters. The van der Waals surface area contributed by atoms with Gasteiger partial charge in [0.05, 0.1) is 0 Å². The third-order valence-corrected chi connectivity index (χ3v) is 6.94. The summed E-state index contributed by atoms with van der Waals surface area (Å²) in [7, 11) is 2.13. The van der Waals surface area contributed by atoms with Crippen molar-refractivity contribution in [2.24, 2.45) is 7.05 Å². The minimum atomic E-state index is 0.498. The van der Waals surface area contributed by atoms with E-state index in [0.29, 0.717) is 6.04 Å². The van der Waals surface area contributed by atoms with Crippen LogP contribution in [0.5, 0.6) is 0 Å². The summed E-state index contributed by atoms with van der Waals surface area (Å²) < 4.78 is 2.23. The second kappa shape index (κ2) is 9.22. The number of para-hydroxylation sites is 1. The van der Waals surface area contributed by atoms with Gasteiger partial charge in [0.2, 0.25) is 0 Å². The number of rotatable bonds is 4. The minimum Gasteiger partial charge on any atom is -0.350 e. The number of hydrogen-bond acceptors (Lipinski definition) is 1. The van der Waals surface area contributed by atoms with Crippen LogP contribution < -0.4 is 5.32 Å². The van der Waals surface area contributed by atoms with Gasteiger partial charge in [0, 0.05) is 42.4 Å². The molecule has 30 heavy (non-hydrogen) atoms. The predicted molar refractivity (Wildman–Crippen MR) is 132 cm³/mol. The molecule has 0 spiro atoms. The number of aryl methyl sites for hydroxylation is 3. The van der Waals surface area contributed by atoms with Crippen LogP contribution in [0.1, 0.15) is 55.2 Å². The standard InChI is InChI=1S/C26H33N3S/c1-19-14-15-22(16-20(19)2)27-26(30)29(23-10-6-4-5-7-11-23)18-21-17-28(3)25-13-9-8-12-24(21)25/h8-9,12-17,23H,4-7,10-11,18H2,1-3H3,(H,27,30). The van der Waals surface area contributed by atoms with E-state index >= 15 is 0 Å². The first-order chi connectivity index (χ1) is 14.5. The molecule has 1 heterocycles. The minimum absolute atomic E-state index is 0.498. The van der Waals surface area contributed by atoms with Gasteiger partial charge in [-0.25, -0.2) is 0 Å². The van der Waals surface area contributed by atoms with Crippen LogP contribution in [0.3, 0.4) is 0 Å². The molecule has 4 heteroatoms. The smallest absolute Gasteiger partial charge is 0.173 e. The van der Waals surface area contributed by atoms with Crippen molar-refractivity contribution >= 4 is 33.9 Å². The molecule has 0 aliphatic heterocycles. The van der Waals surface area contributed by atoms with E-state index in [9.17, 15) is 0 Å². The van der Waals surface area contributed by atoms with Crippen molar-refractivity contribution in [2.75, 3.05) is 5.32 Å². The number of aromatic nitrogens is 1. The zero-order valence-corrected chi connectivity index (χ0v) is 19.3. The van der Waals surface area contributed by atoms with E-state index in [2.05, 4.69) is 84.3 Å². The molecule has 0 amide bonds. The van der Waals surface area contributed by atoms with Crippen molar-refractivity contribution < 1.29 is 0 Å². The van der Waals surface area contributed by atoms with Gasteiger partial charge < -0.3 is 14.8 Å². The van der Waals surface area contributed by atoms with Gasteiger partial charge in [-0.15, -0.1) is 0 Å². The Morgan fingerprint density at radius 3 is 2.50 bits per heavy atom. The number of hydrogen-bond donors (Lipinski definition) is 1. The van der Waals surface area contributed by atoms with E-state index in [0.717, 1.165) is 17.3 Å². The maximum absolute atomic E-state index is 6.00. The van der Waals surface area contributed by atoms with Crippen LogP contribution in [0.25, 0.3) is 10.9 Å². The number of benzene rings is 2. The maximum Gasteiger partial charge on any atom is 0.173 e. The Morgan fingerprint density at radius 1 is 1.03 bits per heavy atom. The molecule has 1 aliphatic rings. The maximum atomic E-state index is 6.00. The SMILES string of the molecule is Cc1ccc(NC(=S)N(Cc2cn(C)c3ccccc23)C2CCCCCC2)cc1C. The molecule has 3 nitrogen and oxygen atoms in total. The van der Waals surface area contributed by atoms with Gasteiger partial charge in [0.25, 0.3) is 0 Å². The largest absolute Gasteiger partial charge is 0.350 e. The van der Waals surface area contributed by atoms with E-state index in [1.807, 2.05) is 0 Å². The number of thiocarbonyl (C=S) groups is 1. The van der Waals surface area contributed by atoms with E-state index < -0.39 is 0 Å². The lowest BCUT2D eigenvalue weighted by Crippen LogP contribution is -2.42. The summed E-state index contributed by atoms with van der Waals surface area (Å²) in [6, 6.07) is 15.7. The van der Waals surface area contributed by atoms with Gasteiger partial charge in [-0.05, 0) is 73.8 Å². The lowest BCUT2D eigenvalue weighted by atomic mass is 10.1. The Hall–Kier alpha value is -2.33. The van der Waals surface area contributed by atoms with Crippen molar-refractivity contribution in [1.29, 1.82) is 0 Å². The van der Waals surface area contributed by atoms with Gasteiger partial charge in [0.1, 0.15) is 0 Å². The molecule has 3 aromatic rings. The molecule has 0 atom stereocenters. The second-order valence-corrected chi connectivity index (χ2v) is 9.17. The summed E-state index contributed by atoms with van der Waals surface area (Å²) in [5.41, 5.74) is 6.31. The molecule has 158 valence electrons. The zero-order chi connectivity index (χ0) is 21.1. The fourth-order valence-corrected chi connectivity index (χ4v) is 5.02. The summed E-state index contributed by atoms with van der Waals surface area (Å²) in [6.45, 7) is 5.15. The Morgan fingerprint density at radius 2 is 1.77 bits per heavy atom. The first kappa shape index (κ1) is 20.9. The van der Waals surface area contributed by atoms with E-state index in [4.69, 9.17) is 12.2 Å². The van der Waals surface area contributed by atoms with Crippen LogP contribution in [0.15, 0.2) is 48.7 Å². The summed E-state index contributed by atoms with van der Waals surface area (Å²) in [6.07, 6.45) is 9.99. The lowest BCUT2D eigenvalue weighted by Gasteiger charge is -2.34. The highest BCUT2D eigenvalue weighted by Gasteiger charge is 2.24. The van der Waals surface area contributed by atoms with E-state index in [1.165, 1.54) is 66.1 Å². The van der Waals surface area contributed by atoms with Crippen LogP contribution in [0, 0.1) is 13.8 Å². The number of anilines is 1. The van der Waals surface area contributed by atoms with E-state index in [1.54, 1.807) is 0 Å². The molecule has 1 saturated carbocycles. The zero-order valence-electron chi connectivity index (χ0n) is 18.4. The highest BCUT2D eigenvalue weighted by Crippen LogP contribution is 2.28. The first-order valence-electron chi connectivity index (χ1n) is 11.2. The fourth-order valence-electron chi connectivity index (χ4n) is 4.69. The molecule has 0 bridgehead atoms. The number of nitrogens with one attached hydrogen (secondary N) is 1. The molecule has 0 saturated heterocycles. The quantitative estimate of drug-likeness (QED) is 0.374. The van der Waals surface area contributed by atoms with Gasteiger partial charge in [-0.2, -0.15) is 0 Å². The highest BCUT2D eigenvalue weighted by atomic mass is 32.1. The van der Waals surface area contributed by atoms with Crippen molar-refractivity contribution in [3.8, 4) is 0 Å². The summed E-state index contributed by atoms with van der Waals surface area (Å²) in [4.78, 5) is 2.46. The Labute approximate surface area is 186 Å². The molecular weight excluding hydrogens is 386 g/mol. The molecule has 2 aromatic carbocycles. The van der Waals surface area contributed by atoms with Crippen molar-refractivity contribution in [1.82, 2.24) is 9.47 Å². The molecule has 0 radical (unpaired) electrons. The molecule has 1 N–H and O–H groups in total. The van der Waals surface area contributed by atoms with Crippen molar-refractivity contribution in [3.05, 3.63) is 65.4 Å². The van der Waals surface area contributed by atoms with Crippen LogP contribution in [0.4, 0.5) is 5.69 Å². The Kier molecular flexibility index (Phi) is 6.43. The summed E-state index contributed by atoms with van der Waals surface area (Å²) >= 11 is 6.00. The van der Waals surface area contributed by atoms with Gasteiger partial charge in [-0.1, -0.05) is 49.9 Å². The molecule has 1 fully saturated rings. The molecular formula is C26H33N3S. The molecule has 1 aromatic heterocycles.